The number of aliphatic hydroxyl groups is 1. The third-order valence-corrected chi connectivity index (χ3v) is 2.67. The van der Waals surface area contributed by atoms with Crippen molar-refractivity contribution in [3.8, 4) is 0 Å². The Morgan fingerprint density at radius 3 is 1.93 bits per heavy atom. The van der Waals surface area contributed by atoms with E-state index >= 15 is 0 Å². The summed E-state index contributed by atoms with van der Waals surface area (Å²) in [6.45, 7) is 0. The summed E-state index contributed by atoms with van der Waals surface area (Å²) in [6, 6.07) is 0. The Labute approximate surface area is 87.0 Å². The lowest BCUT2D eigenvalue weighted by molar-refractivity contribution is -0.173. The zero-order valence-electron chi connectivity index (χ0n) is 6.93. The minimum Gasteiger partial charge on any atom is -0.392 e. The molecule has 0 aromatic rings. The van der Waals surface area contributed by atoms with Crippen LogP contribution in [0.5, 0.6) is 0 Å². The second-order valence-corrected chi connectivity index (χ2v) is 4.37. The molecular formula is C5H6ClF5O3S. The van der Waals surface area contributed by atoms with E-state index in [1.165, 1.54) is 0 Å². The Bertz CT molecular complexity index is 317. The van der Waals surface area contributed by atoms with E-state index < -0.39 is 39.8 Å². The number of hydrogen-bond donors (Lipinski definition) is 1. The van der Waals surface area contributed by atoms with Gasteiger partial charge in [0.2, 0.25) is 0 Å². The van der Waals surface area contributed by atoms with Gasteiger partial charge in [-0.3, -0.25) is 0 Å². The summed E-state index contributed by atoms with van der Waals surface area (Å²) in [4.78, 5) is 0. The van der Waals surface area contributed by atoms with Crippen LogP contribution in [0.25, 0.3) is 0 Å². The minimum atomic E-state index is -6.75. The van der Waals surface area contributed by atoms with Crippen LogP contribution >= 0.6 is 11.6 Å². The van der Waals surface area contributed by atoms with Gasteiger partial charge in [0.1, 0.15) is 0 Å². The molecule has 10 heteroatoms. The van der Waals surface area contributed by atoms with Crippen LogP contribution in [0.4, 0.5) is 21.4 Å². The van der Waals surface area contributed by atoms with Crippen molar-refractivity contribution in [1.29, 1.82) is 0 Å². The molecule has 0 aliphatic carbocycles. The van der Waals surface area contributed by atoms with Crippen LogP contribution in [0.3, 0.4) is 0 Å². The summed E-state index contributed by atoms with van der Waals surface area (Å²) in [5.41, 5.74) is 0. The zero-order chi connectivity index (χ0) is 12.5. The van der Waals surface area contributed by atoms with Crippen molar-refractivity contribution in [2.24, 2.45) is 0 Å². The molecule has 0 fully saturated rings. The summed E-state index contributed by atoms with van der Waals surface area (Å²) in [6.07, 6.45) is -4.01. The Kier molecular flexibility index (Phi) is 4.34. The quantitative estimate of drug-likeness (QED) is 0.470. The molecule has 1 atom stereocenters. The topological polar surface area (TPSA) is 54.4 Å². The van der Waals surface area contributed by atoms with Crippen molar-refractivity contribution in [2.45, 2.75) is 23.7 Å². The number of hydrogen-bond acceptors (Lipinski definition) is 3. The molecule has 1 N–H and O–H groups in total. The number of alkyl halides is 5. The van der Waals surface area contributed by atoms with Gasteiger partial charge in [0, 0.05) is 12.3 Å². The molecule has 15 heavy (non-hydrogen) atoms. The van der Waals surface area contributed by atoms with E-state index in [1.807, 2.05) is 0 Å². The van der Waals surface area contributed by atoms with Gasteiger partial charge in [-0.1, -0.05) is 3.89 Å². The normalized spacial score (nSPS) is 16.5. The lowest BCUT2D eigenvalue weighted by Gasteiger charge is -2.24. The van der Waals surface area contributed by atoms with E-state index in [1.54, 1.807) is 0 Å². The standard InChI is InChI=1S/C5H6ClF5O3S/c6-2-3(12)1-4(7,8)5(9,10)15(11,13)14/h3,12H,1-2H2. The average molecular weight is 277 g/mol. The number of aliphatic hydroxyl groups excluding tert-OH is 1. The largest absolute Gasteiger partial charge is 0.436 e. The van der Waals surface area contributed by atoms with Gasteiger partial charge in [-0.05, 0) is 0 Å². The Hall–Kier alpha value is -0.150. The van der Waals surface area contributed by atoms with Crippen molar-refractivity contribution < 1.29 is 35.0 Å². The van der Waals surface area contributed by atoms with Crippen molar-refractivity contribution in [3.05, 3.63) is 0 Å². The van der Waals surface area contributed by atoms with Crippen LogP contribution in [0.15, 0.2) is 0 Å². The molecule has 1 unspecified atom stereocenters. The average Bonchev–Trinajstić information content (AvgIpc) is 2.00. The minimum absolute atomic E-state index is 0.808. The predicted octanol–water partition coefficient (Wildman–Crippen LogP) is 1.50. The van der Waals surface area contributed by atoms with Gasteiger partial charge in [-0.25, -0.2) is 0 Å². The summed E-state index contributed by atoms with van der Waals surface area (Å²) in [5.74, 6) is -6.03. The third kappa shape index (κ3) is 3.15. The molecule has 0 heterocycles. The van der Waals surface area contributed by atoms with Crippen LogP contribution in [0, 0.1) is 0 Å². The second-order valence-electron chi connectivity index (χ2n) is 2.67. The second kappa shape index (κ2) is 4.38. The monoisotopic (exact) mass is 276 g/mol. The van der Waals surface area contributed by atoms with Gasteiger partial charge in [0.05, 0.1) is 6.10 Å². The van der Waals surface area contributed by atoms with Gasteiger partial charge >= 0.3 is 21.4 Å². The first-order chi connectivity index (χ1) is 6.45. The molecule has 0 saturated carbocycles. The van der Waals surface area contributed by atoms with Crippen LogP contribution in [0.2, 0.25) is 0 Å². The first-order valence-electron chi connectivity index (χ1n) is 3.39. The lowest BCUT2D eigenvalue weighted by Crippen LogP contribution is -2.47. The zero-order valence-corrected chi connectivity index (χ0v) is 8.50. The van der Waals surface area contributed by atoms with Crippen LogP contribution in [0.1, 0.15) is 6.42 Å². The first-order valence-corrected chi connectivity index (χ1v) is 5.31. The highest BCUT2D eigenvalue weighted by Gasteiger charge is 2.66. The molecule has 92 valence electrons. The van der Waals surface area contributed by atoms with E-state index in [0.717, 1.165) is 0 Å². The van der Waals surface area contributed by atoms with E-state index in [9.17, 15) is 29.9 Å². The van der Waals surface area contributed by atoms with Crippen molar-refractivity contribution in [2.75, 3.05) is 5.88 Å². The predicted molar refractivity (Wildman–Crippen MR) is 41.3 cm³/mol. The number of rotatable bonds is 5. The van der Waals surface area contributed by atoms with Gasteiger partial charge in [0.15, 0.2) is 0 Å². The highest BCUT2D eigenvalue weighted by molar-refractivity contribution is 7.87. The first kappa shape index (κ1) is 14.8. The van der Waals surface area contributed by atoms with Crippen molar-refractivity contribution in [1.82, 2.24) is 0 Å². The highest BCUT2D eigenvalue weighted by Crippen LogP contribution is 2.42. The Morgan fingerprint density at radius 2 is 1.67 bits per heavy atom. The summed E-state index contributed by atoms with van der Waals surface area (Å²) < 4.78 is 81.1. The molecule has 0 amide bonds. The smallest absolute Gasteiger partial charge is 0.392 e. The fourth-order valence-corrected chi connectivity index (χ4v) is 1.20. The van der Waals surface area contributed by atoms with Crippen LogP contribution in [-0.4, -0.2) is 36.7 Å². The summed E-state index contributed by atoms with van der Waals surface area (Å²) >= 11 is 4.85. The molecule has 0 saturated heterocycles. The Balaban J connectivity index is 5.03. The molecule has 0 spiro atoms. The molecular weight excluding hydrogens is 271 g/mol. The molecule has 0 aliphatic heterocycles. The fourth-order valence-electron chi connectivity index (χ4n) is 0.648. The Morgan fingerprint density at radius 1 is 1.27 bits per heavy atom. The molecule has 0 aromatic carbocycles. The maximum Gasteiger partial charge on any atom is 0.436 e. The van der Waals surface area contributed by atoms with E-state index in [4.69, 9.17) is 16.7 Å². The molecule has 0 radical (unpaired) electrons. The number of halogens is 6. The maximum absolute atomic E-state index is 12.5. The van der Waals surface area contributed by atoms with Crippen molar-refractivity contribution >= 4 is 21.8 Å². The molecule has 0 aromatic heterocycles. The van der Waals surface area contributed by atoms with Crippen molar-refractivity contribution in [3.63, 3.8) is 0 Å². The summed E-state index contributed by atoms with van der Waals surface area (Å²) in [5, 5.41) is 2.68. The molecule has 0 aliphatic rings. The SMILES string of the molecule is O=S(=O)(F)C(F)(F)C(F)(F)CC(O)CCl. The van der Waals surface area contributed by atoms with Gasteiger partial charge < -0.3 is 5.11 Å². The van der Waals surface area contributed by atoms with E-state index in [-0.39, 0.29) is 0 Å². The third-order valence-electron chi connectivity index (χ3n) is 1.40. The van der Waals surface area contributed by atoms with Crippen LogP contribution in [-0.2, 0) is 10.2 Å². The summed E-state index contributed by atoms with van der Waals surface area (Å²) in [7, 11) is -6.75. The fraction of sp³-hybridized carbons (Fsp3) is 1.00. The van der Waals surface area contributed by atoms with Gasteiger partial charge in [0.25, 0.3) is 0 Å². The lowest BCUT2D eigenvalue weighted by atomic mass is 10.1. The van der Waals surface area contributed by atoms with Crippen LogP contribution < -0.4 is 0 Å². The van der Waals surface area contributed by atoms with E-state index in [0.29, 0.717) is 0 Å². The maximum atomic E-state index is 12.5. The molecule has 3 nitrogen and oxygen atoms in total. The highest BCUT2D eigenvalue weighted by atomic mass is 35.5. The molecule has 0 bridgehead atoms. The van der Waals surface area contributed by atoms with Gasteiger partial charge in [-0.2, -0.15) is 26.0 Å². The van der Waals surface area contributed by atoms with E-state index in [2.05, 4.69) is 0 Å². The van der Waals surface area contributed by atoms with Gasteiger partial charge in [-0.15, -0.1) is 11.6 Å². The molecule has 0 rings (SSSR count).